The summed E-state index contributed by atoms with van der Waals surface area (Å²) in [6, 6.07) is 1.68. The van der Waals surface area contributed by atoms with E-state index in [-0.39, 0.29) is 0 Å². The van der Waals surface area contributed by atoms with Gasteiger partial charge in [0.2, 0.25) is 0 Å². The maximum atomic E-state index is 11.0. The zero-order chi connectivity index (χ0) is 13.4. The predicted octanol–water partition coefficient (Wildman–Crippen LogP) is 3.31. The highest BCUT2D eigenvalue weighted by atomic mass is 32.2. The van der Waals surface area contributed by atoms with Crippen molar-refractivity contribution in [1.82, 2.24) is 15.2 Å². The summed E-state index contributed by atoms with van der Waals surface area (Å²) in [5.41, 5.74) is 0. The van der Waals surface area contributed by atoms with Crippen LogP contribution in [0.3, 0.4) is 0 Å². The van der Waals surface area contributed by atoms with Crippen LogP contribution in [0.2, 0.25) is 0 Å². The van der Waals surface area contributed by atoms with Gasteiger partial charge in [0.15, 0.2) is 4.34 Å². The summed E-state index contributed by atoms with van der Waals surface area (Å²) >= 11 is 4.19. The van der Waals surface area contributed by atoms with Crippen molar-refractivity contribution in [3.05, 3.63) is 28.3 Å². The van der Waals surface area contributed by atoms with Crippen molar-refractivity contribution in [3.63, 3.8) is 0 Å². The van der Waals surface area contributed by atoms with Gasteiger partial charge in [-0.2, -0.15) is 0 Å². The van der Waals surface area contributed by atoms with Gasteiger partial charge in [-0.05, 0) is 13.0 Å². The van der Waals surface area contributed by atoms with Gasteiger partial charge < -0.3 is 5.11 Å². The predicted molar refractivity (Wildman–Crippen MR) is 75.3 cm³/mol. The van der Waals surface area contributed by atoms with Crippen molar-refractivity contribution in [1.29, 1.82) is 0 Å². The number of aromatic nitrogens is 3. The quantitative estimate of drug-likeness (QED) is 0.800. The first-order chi connectivity index (χ1) is 9.13. The van der Waals surface area contributed by atoms with E-state index in [1.54, 1.807) is 18.5 Å². The molecule has 0 amide bonds. The molecule has 0 bridgehead atoms. The van der Waals surface area contributed by atoms with Crippen LogP contribution in [0.1, 0.15) is 14.7 Å². The zero-order valence-corrected chi connectivity index (χ0v) is 12.1. The van der Waals surface area contributed by atoms with Crippen LogP contribution in [0.4, 0.5) is 0 Å². The molecule has 0 aliphatic heterocycles. The summed E-state index contributed by atoms with van der Waals surface area (Å²) in [5, 5.41) is 18.8. The fourth-order valence-corrected chi connectivity index (χ4v) is 4.37. The highest BCUT2D eigenvalue weighted by Gasteiger charge is 2.13. The largest absolute Gasteiger partial charge is 0.477 e. The van der Waals surface area contributed by atoms with E-state index >= 15 is 0 Å². The molecule has 0 fully saturated rings. The van der Waals surface area contributed by atoms with Crippen LogP contribution >= 0.6 is 34.4 Å². The number of pyridine rings is 1. The molecule has 0 atom stereocenters. The van der Waals surface area contributed by atoms with Crippen LogP contribution in [0, 0.1) is 6.92 Å². The van der Waals surface area contributed by atoms with Gasteiger partial charge in [0.1, 0.15) is 9.88 Å². The Kier molecular flexibility index (Phi) is 3.21. The van der Waals surface area contributed by atoms with Gasteiger partial charge in [-0.1, -0.05) is 23.1 Å². The molecule has 0 spiro atoms. The summed E-state index contributed by atoms with van der Waals surface area (Å²) in [6.07, 6.45) is 3.41. The Balaban J connectivity index is 2.05. The van der Waals surface area contributed by atoms with E-state index in [1.807, 2.05) is 6.92 Å². The van der Waals surface area contributed by atoms with E-state index in [0.29, 0.717) is 4.88 Å². The number of aryl methyl sites for hydroxylation is 1. The van der Waals surface area contributed by atoms with Crippen LogP contribution in [-0.4, -0.2) is 26.3 Å². The minimum absolute atomic E-state index is 0.318. The van der Waals surface area contributed by atoms with Gasteiger partial charge in [-0.3, -0.25) is 4.98 Å². The number of nitrogens with zero attached hydrogens (tertiary/aromatic N) is 3. The first-order valence-corrected chi connectivity index (χ1v) is 7.67. The highest BCUT2D eigenvalue weighted by Crippen LogP contribution is 2.37. The van der Waals surface area contributed by atoms with Crippen LogP contribution in [0.5, 0.6) is 0 Å². The summed E-state index contributed by atoms with van der Waals surface area (Å²) in [7, 11) is 0. The number of fused-ring (bicyclic) bond motifs is 1. The molecule has 0 radical (unpaired) electrons. The van der Waals surface area contributed by atoms with Crippen LogP contribution in [-0.2, 0) is 0 Å². The second-order valence-electron chi connectivity index (χ2n) is 3.65. The summed E-state index contributed by atoms with van der Waals surface area (Å²) < 4.78 is 1.69. The Labute approximate surface area is 120 Å². The third-order valence-electron chi connectivity index (χ3n) is 2.33. The minimum Gasteiger partial charge on any atom is -0.477 e. The standard InChI is InChI=1S/C11H7N3O2S3/c1-5-13-14-11(17-5)19-9-4-12-3-8-6(9)2-7(18-8)10(15)16/h2-4H,1H3,(H,15,16). The molecule has 19 heavy (non-hydrogen) atoms. The maximum Gasteiger partial charge on any atom is 0.345 e. The lowest BCUT2D eigenvalue weighted by Gasteiger charge is -1.97. The molecule has 0 aliphatic carbocycles. The van der Waals surface area contributed by atoms with Gasteiger partial charge >= 0.3 is 5.97 Å². The van der Waals surface area contributed by atoms with Crippen molar-refractivity contribution in [2.45, 2.75) is 16.2 Å². The van der Waals surface area contributed by atoms with Crippen LogP contribution in [0.25, 0.3) is 10.1 Å². The minimum atomic E-state index is -0.913. The van der Waals surface area contributed by atoms with Gasteiger partial charge in [0.25, 0.3) is 0 Å². The molecule has 96 valence electrons. The number of aromatic carboxylic acids is 1. The Hall–Kier alpha value is -1.51. The smallest absolute Gasteiger partial charge is 0.345 e. The lowest BCUT2D eigenvalue weighted by molar-refractivity contribution is 0.0702. The van der Waals surface area contributed by atoms with Gasteiger partial charge in [-0.15, -0.1) is 21.5 Å². The molecule has 3 aromatic heterocycles. The van der Waals surface area contributed by atoms with E-state index < -0.39 is 5.97 Å². The molecule has 3 aromatic rings. The lowest BCUT2D eigenvalue weighted by Crippen LogP contribution is -1.89. The van der Waals surface area contributed by atoms with Crippen molar-refractivity contribution in [2.75, 3.05) is 0 Å². The topological polar surface area (TPSA) is 76.0 Å². The maximum absolute atomic E-state index is 11.0. The molecular formula is C11H7N3O2S3. The average Bonchev–Trinajstić information content (AvgIpc) is 2.96. The third-order valence-corrected chi connectivity index (χ3v) is 5.32. The van der Waals surface area contributed by atoms with Crippen LogP contribution < -0.4 is 0 Å². The highest BCUT2D eigenvalue weighted by molar-refractivity contribution is 8.01. The number of thiophene rings is 1. The monoisotopic (exact) mass is 309 g/mol. The van der Waals surface area contributed by atoms with Gasteiger partial charge in [0, 0.05) is 22.7 Å². The molecule has 8 heteroatoms. The molecule has 0 unspecified atom stereocenters. The fourth-order valence-electron chi connectivity index (χ4n) is 1.54. The second-order valence-corrected chi connectivity index (χ2v) is 7.21. The molecule has 1 N–H and O–H groups in total. The van der Waals surface area contributed by atoms with Gasteiger partial charge in [-0.25, -0.2) is 4.79 Å². The molecule has 0 aliphatic rings. The van der Waals surface area contributed by atoms with Crippen LogP contribution in [0.15, 0.2) is 27.7 Å². The Bertz CT molecular complexity index is 765. The molecule has 5 nitrogen and oxygen atoms in total. The second kappa shape index (κ2) is 4.87. The number of hydrogen-bond acceptors (Lipinski definition) is 7. The number of rotatable bonds is 3. The number of hydrogen-bond donors (Lipinski definition) is 1. The van der Waals surface area contributed by atoms with Crippen molar-refractivity contribution in [2.24, 2.45) is 0 Å². The Morgan fingerprint density at radius 2 is 2.16 bits per heavy atom. The third kappa shape index (κ3) is 2.46. The summed E-state index contributed by atoms with van der Waals surface area (Å²) in [6.45, 7) is 1.90. The number of carboxylic acids is 1. The molecule has 3 rings (SSSR count). The Morgan fingerprint density at radius 3 is 2.84 bits per heavy atom. The fraction of sp³-hybridized carbons (Fsp3) is 0.0909. The first kappa shape index (κ1) is 12.5. The molecule has 0 saturated carbocycles. The van der Waals surface area contributed by atoms with E-state index in [1.165, 1.54) is 34.4 Å². The van der Waals surface area contributed by atoms with Crippen molar-refractivity contribution in [3.8, 4) is 0 Å². The Morgan fingerprint density at radius 1 is 1.32 bits per heavy atom. The van der Waals surface area contributed by atoms with E-state index in [9.17, 15) is 4.79 Å². The summed E-state index contributed by atoms with van der Waals surface area (Å²) in [4.78, 5) is 16.4. The van der Waals surface area contributed by atoms with Crippen molar-refractivity contribution < 1.29 is 9.90 Å². The molecule has 0 aromatic carbocycles. The van der Waals surface area contributed by atoms with Crippen molar-refractivity contribution >= 4 is 50.5 Å². The van der Waals surface area contributed by atoms with E-state index in [4.69, 9.17) is 5.11 Å². The average molecular weight is 309 g/mol. The number of carboxylic acid groups (broad SMARTS) is 1. The SMILES string of the molecule is Cc1nnc(Sc2cncc3sc(C(=O)O)cc23)s1. The van der Waals surface area contributed by atoms with E-state index in [0.717, 1.165) is 24.3 Å². The normalized spacial score (nSPS) is 11.0. The molecular weight excluding hydrogens is 302 g/mol. The zero-order valence-electron chi connectivity index (χ0n) is 9.65. The van der Waals surface area contributed by atoms with Gasteiger partial charge in [0.05, 0.1) is 4.70 Å². The lowest BCUT2D eigenvalue weighted by atomic mass is 10.3. The molecule has 3 heterocycles. The van der Waals surface area contributed by atoms with E-state index in [2.05, 4.69) is 15.2 Å². The first-order valence-electron chi connectivity index (χ1n) is 5.22. The number of carbonyl (C=O) groups is 1. The summed E-state index contributed by atoms with van der Waals surface area (Å²) in [5.74, 6) is -0.913. The molecule has 0 saturated heterocycles.